The molecule has 2 rings (SSSR count). The van der Waals surface area contributed by atoms with Gasteiger partial charge in [-0.1, -0.05) is 6.07 Å². The second-order valence-electron chi connectivity index (χ2n) is 3.47. The molecular weight excluding hydrogens is 341 g/mol. The maximum Gasteiger partial charge on any atom is 0.240 e. The maximum absolute atomic E-state index is 13.0. The molecule has 1 aromatic carbocycles. The Hall–Kier alpha value is -0.760. The van der Waals surface area contributed by atoms with Gasteiger partial charge in [0.05, 0.1) is 4.90 Å². The van der Waals surface area contributed by atoms with E-state index in [4.69, 9.17) is 0 Å². The third-order valence-electron chi connectivity index (χ3n) is 2.22. The molecule has 0 unspecified atom stereocenters. The molecule has 96 valence electrons. The minimum atomic E-state index is -3.68. The highest BCUT2D eigenvalue weighted by molar-refractivity contribution is 9.10. The fraction of sp³-hybridized carbons (Fsp3) is 0.0909. The molecule has 0 saturated carbocycles. The summed E-state index contributed by atoms with van der Waals surface area (Å²) < 4.78 is 40.1. The molecule has 0 fully saturated rings. The van der Waals surface area contributed by atoms with Crippen LogP contribution in [0.5, 0.6) is 0 Å². The Labute approximate surface area is 117 Å². The van der Waals surface area contributed by atoms with Crippen molar-refractivity contribution in [2.24, 2.45) is 0 Å². The molecule has 7 heteroatoms. The molecule has 18 heavy (non-hydrogen) atoms. The first-order valence-electron chi connectivity index (χ1n) is 4.96. The normalized spacial score (nSPS) is 11.7. The summed E-state index contributed by atoms with van der Waals surface area (Å²) in [4.78, 5) is 0.796. The number of halogens is 2. The van der Waals surface area contributed by atoms with Crippen molar-refractivity contribution in [3.05, 3.63) is 50.9 Å². The molecule has 3 nitrogen and oxygen atoms in total. The van der Waals surface area contributed by atoms with E-state index >= 15 is 0 Å². The number of nitrogens with one attached hydrogen (secondary N) is 1. The monoisotopic (exact) mass is 349 g/mol. The Kier molecular flexibility index (Phi) is 4.16. The van der Waals surface area contributed by atoms with E-state index in [1.807, 2.05) is 11.4 Å². The van der Waals surface area contributed by atoms with Gasteiger partial charge in [0.15, 0.2) is 0 Å². The number of hydrogen-bond donors (Lipinski definition) is 1. The van der Waals surface area contributed by atoms with E-state index in [1.54, 1.807) is 0 Å². The summed E-state index contributed by atoms with van der Waals surface area (Å²) in [5.74, 6) is -0.574. The molecule has 0 bridgehead atoms. The lowest BCUT2D eigenvalue weighted by Crippen LogP contribution is -2.23. The number of thiophene rings is 1. The fourth-order valence-electron chi connectivity index (χ4n) is 1.33. The number of rotatable bonds is 4. The van der Waals surface area contributed by atoms with Crippen molar-refractivity contribution < 1.29 is 12.8 Å². The van der Waals surface area contributed by atoms with Crippen LogP contribution >= 0.6 is 27.3 Å². The first-order chi connectivity index (χ1) is 8.49. The average Bonchev–Trinajstić information content (AvgIpc) is 2.72. The molecule has 0 saturated heterocycles. The molecule has 0 aliphatic carbocycles. The van der Waals surface area contributed by atoms with Crippen LogP contribution in [-0.4, -0.2) is 8.42 Å². The summed E-state index contributed by atoms with van der Waals surface area (Å²) in [6.07, 6.45) is 0. The Morgan fingerprint density at radius 2 is 2.11 bits per heavy atom. The zero-order chi connectivity index (χ0) is 13.2. The van der Waals surface area contributed by atoms with Gasteiger partial charge >= 0.3 is 0 Å². The van der Waals surface area contributed by atoms with Gasteiger partial charge in [0.2, 0.25) is 10.0 Å². The van der Waals surface area contributed by atoms with Crippen molar-refractivity contribution in [3.63, 3.8) is 0 Å². The Bertz CT molecular complexity index is 655. The van der Waals surface area contributed by atoms with Crippen molar-refractivity contribution in [1.82, 2.24) is 4.72 Å². The first kappa shape index (κ1) is 13.7. The van der Waals surface area contributed by atoms with Gasteiger partial charge in [-0.3, -0.25) is 0 Å². The van der Waals surface area contributed by atoms with Crippen LogP contribution in [0.3, 0.4) is 0 Å². The molecule has 2 aromatic rings. The highest BCUT2D eigenvalue weighted by atomic mass is 79.9. The van der Waals surface area contributed by atoms with E-state index in [9.17, 15) is 12.8 Å². The van der Waals surface area contributed by atoms with Crippen LogP contribution in [-0.2, 0) is 16.6 Å². The molecule has 1 aromatic heterocycles. The Morgan fingerprint density at radius 3 is 2.72 bits per heavy atom. The van der Waals surface area contributed by atoms with Crippen molar-refractivity contribution in [3.8, 4) is 0 Å². The van der Waals surface area contributed by atoms with Gasteiger partial charge in [0.1, 0.15) is 5.82 Å². The molecule has 0 aliphatic rings. The third-order valence-corrected chi connectivity index (χ3v) is 5.55. The zero-order valence-corrected chi connectivity index (χ0v) is 12.3. The number of sulfonamides is 1. The van der Waals surface area contributed by atoms with E-state index in [0.29, 0.717) is 0 Å². The predicted molar refractivity (Wildman–Crippen MR) is 72.4 cm³/mol. The van der Waals surface area contributed by atoms with Crippen LogP contribution in [0.25, 0.3) is 0 Å². The topological polar surface area (TPSA) is 46.2 Å². The summed E-state index contributed by atoms with van der Waals surface area (Å²) in [6.45, 7) is 0.178. The summed E-state index contributed by atoms with van der Waals surface area (Å²) in [6, 6.07) is 6.76. The lowest BCUT2D eigenvalue weighted by atomic mass is 10.4. The standard InChI is InChI=1S/C11H9BrFNO2S2/c12-10-4-5-17-11(10)7-14-18(15,16)9-3-1-2-8(13)6-9/h1-6,14H,7H2. The van der Waals surface area contributed by atoms with Gasteiger partial charge in [0.25, 0.3) is 0 Å². The lowest BCUT2D eigenvalue weighted by molar-refractivity contribution is 0.578. The minimum absolute atomic E-state index is 0.0739. The van der Waals surface area contributed by atoms with E-state index < -0.39 is 15.8 Å². The Balaban J connectivity index is 2.16. The zero-order valence-electron chi connectivity index (χ0n) is 9.06. The van der Waals surface area contributed by atoms with Gasteiger partial charge in [-0.05, 0) is 45.6 Å². The highest BCUT2D eigenvalue weighted by Gasteiger charge is 2.15. The number of benzene rings is 1. The predicted octanol–water partition coefficient (Wildman–Crippen LogP) is 3.13. The maximum atomic E-state index is 13.0. The van der Waals surface area contributed by atoms with Gasteiger partial charge < -0.3 is 0 Å². The largest absolute Gasteiger partial charge is 0.240 e. The van der Waals surface area contributed by atoms with Crippen LogP contribution in [0.1, 0.15) is 4.88 Å². The van der Waals surface area contributed by atoms with Crippen molar-refractivity contribution in [2.45, 2.75) is 11.4 Å². The summed E-state index contributed by atoms with van der Waals surface area (Å²) in [5.41, 5.74) is 0. The van der Waals surface area contributed by atoms with Crippen LogP contribution < -0.4 is 4.72 Å². The Morgan fingerprint density at radius 1 is 1.33 bits per heavy atom. The molecule has 1 N–H and O–H groups in total. The van der Waals surface area contributed by atoms with Gasteiger partial charge in [-0.25, -0.2) is 17.5 Å². The number of hydrogen-bond acceptors (Lipinski definition) is 3. The lowest BCUT2D eigenvalue weighted by Gasteiger charge is -2.06. The van der Waals surface area contributed by atoms with Crippen LogP contribution in [0.2, 0.25) is 0 Å². The highest BCUT2D eigenvalue weighted by Crippen LogP contribution is 2.23. The summed E-state index contributed by atoms with van der Waals surface area (Å²) in [5, 5.41) is 1.86. The van der Waals surface area contributed by atoms with Crippen LogP contribution in [0.15, 0.2) is 45.1 Å². The van der Waals surface area contributed by atoms with E-state index in [-0.39, 0.29) is 11.4 Å². The van der Waals surface area contributed by atoms with E-state index in [1.165, 1.54) is 29.5 Å². The molecular formula is C11H9BrFNO2S2. The molecule has 0 amide bonds. The van der Waals surface area contributed by atoms with Crippen LogP contribution in [0, 0.1) is 5.82 Å². The molecule has 0 atom stereocenters. The van der Waals surface area contributed by atoms with E-state index in [0.717, 1.165) is 15.4 Å². The van der Waals surface area contributed by atoms with Crippen LogP contribution in [0.4, 0.5) is 4.39 Å². The van der Waals surface area contributed by atoms with Crippen molar-refractivity contribution in [2.75, 3.05) is 0 Å². The second kappa shape index (κ2) is 5.48. The molecule has 0 aliphatic heterocycles. The molecule has 0 radical (unpaired) electrons. The van der Waals surface area contributed by atoms with Gasteiger partial charge in [-0.15, -0.1) is 11.3 Å². The van der Waals surface area contributed by atoms with E-state index in [2.05, 4.69) is 20.7 Å². The first-order valence-corrected chi connectivity index (χ1v) is 8.12. The van der Waals surface area contributed by atoms with Crippen molar-refractivity contribution in [1.29, 1.82) is 0 Å². The fourth-order valence-corrected chi connectivity index (χ4v) is 3.88. The SMILES string of the molecule is O=S(=O)(NCc1sccc1Br)c1cccc(F)c1. The summed E-state index contributed by atoms with van der Waals surface area (Å²) >= 11 is 4.76. The minimum Gasteiger partial charge on any atom is -0.207 e. The smallest absolute Gasteiger partial charge is 0.207 e. The molecule has 0 spiro atoms. The average molecular weight is 350 g/mol. The van der Waals surface area contributed by atoms with Crippen molar-refractivity contribution >= 4 is 37.3 Å². The third kappa shape index (κ3) is 3.17. The summed E-state index contributed by atoms with van der Waals surface area (Å²) in [7, 11) is -3.68. The quantitative estimate of drug-likeness (QED) is 0.921. The molecule has 1 heterocycles. The van der Waals surface area contributed by atoms with Gasteiger partial charge in [-0.2, -0.15) is 0 Å². The van der Waals surface area contributed by atoms with Gasteiger partial charge in [0, 0.05) is 15.9 Å². The second-order valence-corrected chi connectivity index (χ2v) is 7.10.